The molecule has 1 atom stereocenters. The van der Waals surface area contributed by atoms with Gasteiger partial charge in [0, 0.05) is 0 Å². The van der Waals surface area contributed by atoms with Crippen LogP contribution in [0.3, 0.4) is 0 Å². The molecule has 0 saturated heterocycles. The number of aryl methyl sites for hydroxylation is 1. The van der Waals surface area contributed by atoms with Crippen LogP contribution in [0, 0.1) is 6.92 Å². The number of carboxylic acids is 1. The second kappa shape index (κ2) is 5.39. The molecule has 0 aliphatic rings. The van der Waals surface area contributed by atoms with Crippen molar-refractivity contribution in [3.05, 3.63) is 29.8 Å². The van der Waals surface area contributed by atoms with E-state index < -0.39 is 12.1 Å². The summed E-state index contributed by atoms with van der Waals surface area (Å²) in [4.78, 5) is 10.9. The van der Waals surface area contributed by atoms with E-state index in [1.807, 2.05) is 32.0 Å². The van der Waals surface area contributed by atoms with Crippen LogP contribution in [0.15, 0.2) is 24.3 Å². The smallest absolute Gasteiger partial charge is 0.344 e. The van der Waals surface area contributed by atoms with Crippen molar-refractivity contribution in [3.8, 4) is 5.75 Å². The maximum Gasteiger partial charge on any atom is 0.344 e. The number of rotatable bonds is 5. The SMILES string of the molecule is CCCC(Oc1ccccc1C)C(=O)O. The lowest BCUT2D eigenvalue weighted by Gasteiger charge is -2.15. The van der Waals surface area contributed by atoms with Gasteiger partial charge in [-0.2, -0.15) is 0 Å². The predicted molar refractivity (Wildman–Crippen MR) is 58.1 cm³/mol. The molecule has 0 aliphatic heterocycles. The molecule has 3 nitrogen and oxygen atoms in total. The van der Waals surface area contributed by atoms with Gasteiger partial charge in [0.2, 0.25) is 0 Å². The van der Waals surface area contributed by atoms with Gasteiger partial charge < -0.3 is 9.84 Å². The fourth-order valence-corrected chi connectivity index (χ4v) is 1.34. The van der Waals surface area contributed by atoms with Crippen LogP contribution in [0.2, 0.25) is 0 Å². The monoisotopic (exact) mass is 208 g/mol. The van der Waals surface area contributed by atoms with Gasteiger partial charge in [0.1, 0.15) is 5.75 Å². The van der Waals surface area contributed by atoms with Gasteiger partial charge in [0.25, 0.3) is 0 Å². The molecule has 0 aliphatic carbocycles. The summed E-state index contributed by atoms with van der Waals surface area (Å²) in [5, 5.41) is 8.93. The highest BCUT2D eigenvalue weighted by molar-refractivity contribution is 5.72. The Morgan fingerprint density at radius 1 is 1.47 bits per heavy atom. The van der Waals surface area contributed by atoms with E-state index in [2.05, 4.69) is 0 Å². The van der Waals surface area contributed by atoms with Gasteiger partial charge in [-0.25, -0.2) is 4.79 Å². The molecule has 15 heavy (non-hydrogen) atoms. The molecular weight excluding hydrogens is 192 g/mol. The number of para-hydroxylation sites is 1. The minimum atomic E-state index is -0.903. The molecule has 0 amide bonds. The van der Waals surface area contributed by atoms with E-state index in [9.17, 15) is 4.79 Å². The van der Waals surface area contributed by atoms with Gasteiger partial charge in [-0.1, -0.05) is 31.5 Å². The summed E-state index contributed by atoms with van der Waals surface area (Å²) >= 11 is 0. The summed E-state index contributed by atoms with van der Waals surface area (Å²) in [5.74, 6) is -0.251. The lowest BCUT2D eigenvalue weighted by atomic mass is 10.2. The van der Waals surface area contributed by atoms with E-state index in [4.69, 9.17) is 9.84 Å². The van der Waals surface area contributed by atoms with Gasteiger partial charge >= 0.3 is 5.97 Å². The number of carbonyl (C=O) groups is 1. The largest absolute Gasteiger partial charge is 0.479 e. The number of benzene rings is 1. The zero-order valence-corrected chi connectivity index (χ0v) is 9.06. The maximum absolute atomic E-state index is 10.9. The van der Waals surface area contributed by atoms with Crippen molar-refractivity contribution in [3.63, 3.8) is 0 Å². The second-order valence-electron chi connectivity index (χ2n) is 3.50. The molecule has 0 saturated carbocycles. The maximum atomic E-state index is 10.9. The molecular formula is C12H16O3. The van der Waals surface area contributed by atoms with Gasteiger partial charge in [-0.3, -0.25) is 0 Å². The highest BCUT2D eigenvalue weighted by Gasteiger charge is 2.18. The van der Waals surface area contributed by atoms with Gasteiger partial charge in [-0.05, 0) is 25.0 Å². The first-order valence-corrected chi connectivity index (χ1v) is 5.10. The Kier molecular flexibility index (Phi) is 4.16. The second-order valence-corrected chi connectivity index (χ2v) is 3.50. The molecule has 82 valence electrons. The van der Waals surface area contributed by atoms with E-state index >= 15 is 0 Å². The van der Waals surface area contributed by atoms with Crippen molar-refractivity contribution in [1.82, 2.24) is 0 Å². The van der Waals surface area contributed by atoms with Crippen LogP contribution in [-0.2, 0) is 4.79 Å². The van der Waals surface area contributed by atoms with Crippen LogP contribution in [0.1, 0.15) is 25.3 Å². The minimum Gasteiger partial charge on any atom is -0.479 e. The summed E-state index contributed by atoms with van der Waals surface area (Å²) in [6, 6.07) is 7.44. The van der Waals surface area contributed by atoms with Crippen LogP contribution in [0.4, 0.5) is 0 Å². The molecule has 3 heteroatoms. The average molecular weight is 208 g/mol. The molecule has 0 heterocycles. The van der Waals surface area contributed by atoms with Crippen LogP contribution in [-0.4, -0.2) is 17.2 Å². The van der Waals surface area contributed by atoms with E-state index in [-0.39, 0.29) is 0 Å². The average Bonchev–Trinajstić information content (AvgIpc) is 2.20. The quantitative estimate of drug-likeness (QED) is 0.809. The molecule has 0 aromatic heterocycles. The summed E-state index contributed by atoms with van der Waals surface area (Å²) in [6.07, 6.45) is 0.586. The topological polar surface area (TPSA) is 46.5 Å². The summed E-state index contributed by atoms with van der Waals surface area (Å²) < 4.78 is 5.45. The van der Waals surface area contributed by atoms with Crippen molar-refractivity contribution in [1.29, 1.82) is 0 Å². The third-order valence-corrected chi connectivity index (χ3v) is 2.19. The molecule has 0 spiro atoms. The van der Waals surface area contributed by atoms with Crippen molar-refractivity contribution in [2.75, 3.05) is 0 Å². The molecule has 0 radical (unpaired) electrons. The van der Waals surface area contributed by atoms with Crippen LogP contribution >= 0.6 is 0 Å². The van der Waals surface area contributed by atoms with Crippen molar-refractivity contribution in [2.45, 2.75) is 32.8 Å². The Balaban J connectivity index is 2.74. The summed E-state index contributed by atoms with van der Waals surface area (Å²) in [6.45, 7) is 3.84. The summed E-state index contributed by atoms with van der Waals surface area (Å²) in [5.41, 5.74) is 0.958. The van der Waals surface area contributed by atoms with E-state index in [1.165, 1.54) is 0 Å². The van der Waals surface area contributed by atoms with Crippen LogP contribution < -0.4 is 4.74 Å². The normalized spacial score (nSPS) is 12.1. The number of ether oxygens (including phenoxy) is 1. The van der Waals surface area contributed by atoms with Crippen LogP contribution in [0.5, 0.6) is 5.75 Å². The van der Waals surface area contributed by atoms with Gasteiger partial charge in [0.05, 0.1) is 0 Å². The number of hydrogen-bond acceptors (Lipinski definition) is 2. The molecule has 1 aromatic rings. The highest BCUT2D eigenvalue weighted by Crippen LogP contribution is 2.19. The molecule has 1 aromatic carbocycles. The Morgan fingerprint density at radius 2 is 2.13 bits per heavy atom. The van der Waals surface area contributed by atoms with Gasteiger partial charge in [0.15, 0.2) is 6.10 Å². The zero-order valence-electron chi connectivity index (χ0n) is 9.06. The number of carboxylic acid groups (broad SMARTS) is 1. The fraction of sp³-hybridized carbons (Fsp3) is 0.417. The summed E-state index contributed by atoms with van der Waals surface area (Å²) in [7, 11) is 0. The highest BCUT2D eigenvalue weighted by atomic mass is 16.5. The van der Waals surface area contributed by atoms with Crippen LogP contribution in [0.25, 0.3) is 0 Å². The molecule has 1 unspecified atom stereocenters. The molecule has 1 N–H and O–H groups in total. The van der Waals surface area contributed by atoms with E-state index in [0.717, 1.165) is 12.0 Å². The van der Waals surface area contributed by atoms with E-state index in [0.29, 0.717) is 12.2 Å². The lowest BCUT2D eigenvalue weighted by molar-refractivity contribution is -0.145. The molecule has 0 bridgehead atoms. The zero-order chi connectivity index (χ0) is 11.3. The third-order valence-electron chi connectivity index (χ3n) is 2.19. The first-order chi connectivity index (χ1) is 7.15. The molecule has 0 fully saturated rings. The van der Waals surface area contributed by atoms with Crippen molar-refractivity contribution < 1.29 is 14.6 Å². The van der Waals surface area contributed by atoms with Crippen molar-refractivity contribution in [2.24, 2.45) is 0 Å². The number of aliphatic carboxylic acids is 1. The molecule has 1 rings (SSSR count). The fourth-order valence-electron chi connectivity index (χ4n) is 1.34. The Labute approximate surface area is 89.7 Å². The third kappa shape index (κ3) is 3.27. The Bertz CT molecular complexity index is 333. The first-order valence-electron chi connectivity index (χ1n) is 5.10. The first kappa shape index (κ1) is 11.6. The minimum absolute atomic E-state index is 0.531. The van der Waals surface area contributed by atoms with Gasteiger partial charge in [-0.15, -0.1) is 0 Å². The predicted octanol–water partition coefficient (Wildman–Crippen LogP) is 2.63. The number of hydrogen-bond donors (Lipinski definition) is 1. The standard InChI is InChI=1S/C12H16O3/c1-3-6-11(12(13)14)15-10-8-5-4-7-9(10)2/h4-5,7-8,11H,3,6H2,1-2H3,(H,13,14). The lowest BCUT2D eigenvalue weighted by Crippen LogP contribution is -2.26. The Morgan fingerprint density at radius 3 is 2.67 bits per heavy atom. The van der Waals surface area contributed by atoms with Crippen molar-refractivity contribution >= 4 is 5.97 Å². The van der Waals surface area contributed by atoms with E-state index in [1.54, 1.807) is 6.07 Å². The Hall–Kier alpha value is -1.51.